The van der Waals surface area contributed by atoms with Crippen LogP contribution in [-0.2, 0) is 4.74 Å². The highest BCUT2D eigenvalue weighted by atomic mass is 35.5. The highest BCUT2D eigenvalue weighted by molar-refractivity contribution is 6.18. The van der Waals surface area contributed by atoms with Crippen molar-refractivity contribution in [3.8, 4) is 0 Å². The standard InChI is InChI=1S/C7H14ClNO/c1-10-7-6-9-5-3-2-4-8/h2-3,9H,4-7H2,1H3/b3-2+. The molecule has 0 fully saturated rings. The number of nitrogens with one attached hydrogen (secondary N) is 1. The van der Waals surface area contributed by atoms with E-state index < -0.39 is 0 Å². The van der Waals surface area contributed by atoms with Gasteiger partial charge in [0.15, 0.2) is 0 Å². The second-order valence-electron chi connectivity index (χ2n) is 1.82. The lowest BCUT2D eigenvalue weighted by molar-refractivity contribution is 0.200. The predicted molar refractivity (Wildman–Crippen MR) is 44.6 cm³/mol. The van der Waals surface area contributed by atoms with Gasteiger partial charge < -0.3 is 10.1 Å². The fourth-order valence-corrected chi connectivity index (χ4v) is 0.632. The molecule has 0 bridgehead atoms. The molecule has 0 rings (SSSR count). The molecule has 0 aromatic rings. The molecule has 0 saturated heterocycles. The quantitative estimate of drug-likeness (QED) is 0.359. The number of alkyl halides is 1. The van der Waals surface area contributed by atoms with Crippen LogP contribution in [0, 0.1) is 0 Å². The van der Waals surface area contributed by atoms with Crippen molar-refractivity contribution in [1.29, 1.82) is 0 Å². The number of hydrogen-bond donors (Lipinski definition) is 1. The van der Waals surface area contributed by atoms with Crippen LogP contribution in [0.2, 0.25) is 0 Å². The van der Waals surface area contributed by atoms with Gasteiger partial charge in [0.2, 0.25) is 0 Å². The molecule has 60 valence electrons. The molecule has 0 atom stereocenters. The summed E-state index contributed by atoms with van der Waals surface area (Å²) in [4.78, 5) is 0. The summed E-state index contributed by atoms with van der Waals surface area (Å²) in [6.07, 6.45) is 3.92. The van der Waals surface area contributed by atoms with Crippen LogP contribution in [0.1, 0.15) is 0 Å². The first kappa shape index (κ1) is 9.95. The van der Waals surface area contributed by atoms with E-state index in [9.17, 15) is 0 Å². The van der Waals surface area contributed by atoms with Crippen molar-refractivity contribution < 1.29 is 4.74 Å². The van der Waals surface area contributed by atoms with E-state index in [1.807, 2.05) is 12.2 Å². The second kappa shape index (κ2) is 8.95. The van der Waals surface area contributed by atoms with E-state index in [1.54, 1.807) is 7.11 Å². The molecule has 0 aliphatic heterocycles. The molecular weight excluding hydrogens is 150 g/mol. The highest BCUT2D eigenvalue weighted by Crippen LogP contribution is 1.75. The summed E-state index contributed by atoms with van der Waals surface area (Å²) < 4.78 is 4.84. The zero-order chi connectivity index (χ0) is 7.66. The Hall–Kier alpha value is -0.0500. The van der Waals surface area contributed by atoms with Crippen LogP contribution in [-0.4, -0.2) is 32.7 Å². The van der Waals surface area contributed by atoms with Crippen LogP contribution < -0.4 is 5.32 Å². The molecule has 3 heteroatoms. The van der Waals surface area contributed by atoms with Gasteiger partial charge in [-0.1, -0.05) is 12.2 Å². The molecule has 0 aliphatic carbocycles. The zero-order valence-electron chi connectivity index (χ0n) is 6.27. The van der Waals surface area contributed by atoms with Crippen molar-refractivity contribution in [2.45, 2.75) is 0 Å². The van der Waals surface area contributed by atoms with Gasteiger partial charge in [0.1, 0.15) is 0 Å². The van der Waals surface area contributed by atoms with Crippen molar-refractivity contribution in [1.82, 2.24) is 5.32 Å². The van der Waals surface area contributed by atoms with Gasteiger partial charge in [-0.25, -0.2) is 0 Å². The number of rotatable bonds is 6. The van der Waals surface area contributed by atoms with Gasteiger partial charge in [0.25, 0.3) is 0 Å². The Morgan fingerprint density at radius 3 is 2.90 bits per heavy atom. The zero-order valence-corrected chi connectivity index (χ0v) is 7.03. The molecule has 0 spiro atoms. The first-order chi connectivity index (χ1) is 4.91. The molecule has 0 saturated carbocycles. The van der Waals surface area contributed by atoms with E-state index in [1.165, 1.54) is 0 Å². The number of allylic oxidation sites excluding steroid dienone is 1. The van der Waals surface area contributed by atoms with E-state index >= 15 is 0 Å². The number of methoxy groups -OCH3 is 1. The molecule has 1 N–H and O–H groups in total. The van der Waals surface area contributed by atoms with E-state index in [0.29, 0.717) is 5.88 Å². The number of hydrogen-bond acceptors (Lipinski definition) is 2. The lowest BCUT2D eigenvalue weighted by Crippen LogP contribution is -2.18. The van der Waals surface area contributed by atoms with E-state index in [0.717, 1.165) is 19.7 Å². The first-order valence-corrected chi connectivity index (χ1v) is 3.86. The maximum absolute atomic E-state index is 5.40. The molecule has 10 heavy (non-hydrogen) atoms. The molecule has 0 radical (unpaired) electrons. The topological polar surface area (TPSA) is 21.3 Å². The molecule has 0 amide bonds. The van der Waals surface area contributed by atoms with Crippen LogP contribution >= 0.6 is 11.6 Å². The fraction of sp³-hybridized carbons (Fsp3) is 0.714. The third-order valence-corrected chi connectivity index (χ3v) is 1.18. The Bertz CT molecular complexity index is 85.7. The lowest BCUT2D eigenvalue weighted by atomic mass is 10.5. The van der Waals surface area contributed by atoms with Gasteiger partial charge in [-0.05, 0) is 0 Å². The summed E-state index contributed by atoms with van der Waals surface area (Å²) >= 11 is 5.40. The Morgan fingerprint density at radius 1 is 1.50 bits per heavy atom. The Morgan fingerprint density at radius 2 is 2.30 bits per heavy atom. The molecular formula is C7H14ClNO. The van der Waals surface area contributed by atoms with Gasteiger partial charge in [0, 0.05) is 26.1 Å². The molecule has 0 heterocycles. The largest absolute Gasteiger partial charge is 0.383 e. The molecule has 2 nitrogen and oxygen atoms in total. The van der Waals surface area contributed by atoms with Crippen molar-refractivity contribution in [2.75, 3.05) is 32.7 Å². The Labute approximate surface area is 67.2 Å². The minimum atomic E-state index is 0.589. The highest BCUT2D eigenvalue weighted by Gasteiger charge is 1.80. The summed E-state index contributed by atoms with van der Waals surface area (Å²) in [6, 6.07) is 0. The first-order valence-electron chi connectivity index (χ1n) is 3.32. The van der Waals surface area contributed by atoms with Gasteiger partial charge >= 0.3 is 0 Å². The van der Waals surface area contributed by atoms with Gasteiger partial charge in [-0.2, -0.15) is 0 Å². The van der Waals surface area contributed by atoms with Crippen LogP contribution in [0.5, 0.6) is 0 Å². The Kier molecular flexibility index (Phi) is 8.91. The van der Waals surface area contributed by atoms with Crippen LogP contribution in [0.4, 0.5) is 0 Å². The fourth-order valence-electron chi connectivity index (χ4n) is 0.506. The lowest BCUT2D eigenvalue weighted by Gasteiger charge is -1.97. The summed E-state index contributed by atoms with van der Waals surface area (Å²) in [7, 11) is 1.69. The minimum Gasteiger partial charge on any atom is -0.383 e. The maximum atomic E-state index is 5.40. The normalized spacial score (nSPS) is 11.0. The smallest absolute Gasteiger partial charge is 0.0587 e. The predicted octanol–water partition coefficient (Wildman–Crippen LogP) is 1.02. The summed E-state index contributed by atoms with van der Waals surface area (Å²) in [5.41, 5.74) is 0. The summed E-state index contributed by atoms with van der Waals surface area (Å²) in [5.74, 6) is 0.589. The van der Waals surface area contributed by atoms with Crippen molar-refractivity contribution in [3.63, 3.8) is 0 Å². The number of halogens is 1. The molecule has 0 aromatic heterocycles. The molecule has 0 aromatic carbocycles. The molecule has 0 aliphatic rings. The van der Waals surface area contributed by atoms with E-state index in [-0.39, 0.29) is 0 Å². The van der Waals surface area contributed by atoms with Crippen molar-refractivity contribution in [3.05, 3.63) is 12.2 Å². The average Bonchev–Trinajstić information content (AvgIpc) is 1.97. The minimum absolute atomic E-state index is 0.589. The van der Waals surface area contributed by atoms with Gasteiger partial charge in [0.05, 0.1) is 6.61 Å². The van der Waals surface area contributed by atoms with Crippen LogP contribution in [0.3, 0.4) is 0 Å². The molecule has 0 unspecified atom stereocenters. The van der Waals surface area contributed by atoms with Crippen LogP contribution in [0.15, 0.2) is 12.2 Å². The maximum Gasteiger partial charge on any atom is 0.0587 e. The van der Waals surface area contributed by atoms with E-state index in [4.69, 9.17) is 16.3 Å². The summed E-state index contributed by atoms with van der Waals surface area (Å²) in [6.45, 7) is 2.52. The average molecular weight is 164 g/mol. The van der Waals surface area contributed by atoms with Crippen LogP contribution in [0.25, 0.3) is 0 Å². The van der Waals surface area contributed by atoms with Gasteiger partial charge in [-0.3, -0.25) is 0 Å². The Balaban J connectivity index is 2.83. The third kappa shape index (κ3) is 7.95. The van der Waals surface area contributed by atoms with E-state index in [2.05, 4.69) is 5.32 Å². The number of ether oxygens (including phenoxy) is 1. The van der Waals surface area contributed by atoms with Crippen molar-refractivity contribution >= 4 is 11.6 Å². The third-order valence-electron chi connectivity index (χ3n) is 1.00. The van der Waals surface area contributed by atoms with Gasteiger partial charge in [-0.15, -0.1) is 11.6 Å². The second-order valence-corrected chi connectivity index (χ2v) is 2.13. The summed E-state index contributed by atoms with van der Waals surface area (Å²) in [5, 5.41) is 3.15. The monoisotopic (exact) mass is 163 g/mol. The van der Waals surface area contributed by atoms with Crippen molar-refractivity contribution in [2.24, 2.45) is 0 Å². The SMILES string of the molecule is COCCNC/C=C/CCl.